The summed E-state index contributed by atoms with van der Waals surface area (Å²) in [5.74, 6) is 0. The Bertz CT molecular complexity index is 416. The first-order valence-corrected chi connectivity index (χ1v) is 5.89. The maximum atomic E-state index is 10.7. The first-order chi connectivity index (χ1) is 8.16. The van der Waals surface area contributed by atoms with Gasteiger partial charge in [-0.25, -0.2) is 0 Å². The molecule has 17 heavy (non-hydrogen) atoms. The normalized spacial score (nSPS) is 14.6. The average Bonchev–Trinajstić information content (AvgIpc) is 3.10. The van der Waals surface area contributed by atoms with Crippen LogP contribution in [0.25, 0.3) is 0 Å². The van der Waals surface area contributed by atoms with Crippen molar-refractivity contribution in [3.63, 3.8) is 0 Å². The summed E-state index contributed by atoms with van der Waals surface area (Å²) < 4.78 is 0. The molecule has 1 aromatic carbocycles. The van der Waals surface area contributed by atoms with Crippen LogP contribution in [-0.4, -0.2) is 24.1 Å². The van der Waals surface area contributed by atoms with E-state index in [9.17, 15) is 10.1 Å². The molecule has 92 valence electrons. The number of nitro groups is 1. The summed E-state index contributed by atoms with van der Waals surface area (Å²) in [6, 6.07) is 5.59. The number of hydrogen-bond donors (Lipinski definition) is 2. The van der Waals surface area contributed by atoms with Gasteiger partial charge in [0.1, 0.15) is 0 Å². The van der Waals surface area contributed by atoms with E-state index >= 15 is 0 Å². The van der Waals surface area contributed by atoms with Crippen LogP contribution >= 0.6 is 0 Å². The lowest BCUT2D eigenvalue weighted by Gasteiger charge is -2.09. The van der Waals surface area contributed by atoms with E-state index in [1.165, 1.54) is 18.9 Å². The fraction of sp³-hybridized carbons (Fsp3) is 0.500. The van der Waals surface area contributed by atoms with E-state index in [0.717, 1.165) is 24.3 Å². The molecule has 0 heterocycles. The summed E-state index contributed by atoms with van der Waals surface area (Å²) in [6.45, 7) is 3.63. The average molecular weight is 235 g/mol. The molecule has 2 N–H and O–H groups in total. The number of nitro benzene ring substituents is 1. The quantitative estimate of drug-likeness (QED) is 0.450. The van der Waals surface area contributed by atoms with Crippen LogP contribution in [0.3, 0.4) is 0 Å². The third-order valence-corrected chi connectivity index (χ3v) is 2.88. The number of nitrogens with one attached hydrogen (secondary N) is 2. The molecule has 1 aliphatic carbocycles. The van der Waals surface area contributed by atoms with Gasteiger partial charge in [0.15, 0.2) is 0 Å². The van der Waals surface area contributed by atoms with Crippen LogP contribution in [0, 0.1) is 17.0 Å². The van der Waals surface area contributed by atoms with Crippen molar-refractivity contribution < 1.29 is 4.92 Å². The molecule has 5 nitrogen and oxygen atoms in total. The molecule has 0 amide bonds. The molecule has 1 aliphatic rings. The Balaban J connectivity index is 1.88. The SMILES string of the molecule is Cc1ccc([N+](=O)[O-])cc1NCCNC1CC1. The molecule has 0 saturated heterocycles. The minimum absolute atomic E-state index is 0.133. The van der Waals surface area contributed by atoms with Crippen molar-refractivity contribution in [2.45, 2.75) is 25.8 Å². The molecule has 0 aromatic heterocycles. The second-order valence-corrected chi connectivity index (χ2v) is 4.41. The van der Waals surface area contributed by atoms with E-state index in [4.69, 9.17) is 0 Å². The molecule has 0 unspecified atom stereocenters. The van der Waals surface area contributed by atoms with Crippen LogP contribution in [0.15, 0.2) is 18.2 Å². The summed E-state index contributed by atoms with van der Waals surface area (Å²) >= 11 is 0. The summed E-state index contributed by atoms with van der Waals surface area (Å²) in [6.07, 6.45) is 2.55. The number of non-ortho nitro benzene ring substituents is 1. The van der Waals surface area contributed by atoms with E-state index in [2.05, 4.69) is 10.6 Å². The van der Waals surface area contributed by atoms with Gasteiger partial charge in [-0.1, -0.05) is 6.07 Å². The number of nitrogens with zero attached hydrogens (tertiary/aromatic N) is 1. The highest BCUT2D eigenvalue weighted by molar-refractivity contribution is 5.56. The Hall–Kier alpha value is -1.62. The molecule has 0 atom stereocenters. The molecular formula is C12H17N3O2. The molecule has 1 fully saturated rings. The van der Waals surface area contributed by atoms with Gasteiger partial charge in [-0.3, -0.25) is 10.1 Å². The Morgan fingerprint density at radius 3 is 2.82 bits per heavy atom. The molecule has 0 bridgehead atoms. The van der Waals surface area contributed by atoms with Gasteiger partial charge in [0.25, 0.3) is 5.69 Å². The fourth-order valence-corrected chi connectivity index (χ4v) is 1.67. The molecule has 0 radical (unpaired) electrons. The van der Waals surface area contributed by atoms with Gasteiger partial charge in [0.2, 0.25) is 0 Å². The summed E-state index contributed by atoms with van der Waals surface area (Å²) in [7, 11) is 0. The highest BCUT2D eigenvalue weighted by Crippen LogP contribution is 2.21. The first-order valence-electron chi connectivity index (χ1n) is 5.89. The van der Waals surface area contributed by atoms with E-state index in [1.807, 2.05) is 6.92 Å². The van der Waals surface area contributed by atoms with E-state index in [-0.39, 0.29) is 10.6 Å². The largest absolute Gasteiger partial charge is 0.383 e. The Labute approximate surface area is 100 Å². The topological polar surface area (TPSA) is 67.2 Å². The molecular weight excluding hydrogens is 218 g/mol. The van der Waals surface area contributed by atoms with Gasteiger partial charge in [-0.2, -0.15) is 0 Å². The van der Waals surface area contributed by atoms with Crippen molar-refractivity contribution in [1.29, 1.82) is 0 Å². The standard InChI is InChI=1S/C12H17N3O2/c1-9-2-5-11(15(16)17)8-12(9)14-7-6-13-10-3-4-10/h2,5,8,10,13-14H,3-4,6-7H2,1H3. The molecule has 0 aliphatic heterocycles. The first kappa shape index (κ1) is 11.9. The molecule has 1 saturated carbocycles. The summed E-state index contributed by atoms with van der Waals surface area (Å²) in [4.78, 5) is 10.3. The van der Waals surface area contributed by atoms with Crippen molar-refractivity contribution in [2.75, 3.05) is 18.4 Å². The van der Waals surface area contributed by atoms with Crippen LogP contribution in [0.2, 0.25) is 0 Å². The smallest absolute Gasteiger partial charge is 0.271 e. The lowest BCUT2D eigenvalue weighted by atomic mass is 10.2. The number of hydrogen-bond acceptors (Lipinski definition) is 4. The second-order valence-electron chi connectivity index (χ2n) is 4.41. The Morgan fingerprint density at radius 1 is 1.41 bits per heavy atom. The maximum Gasteiger partial charge on any atom is 0.271 e. The number of anilines is 1. The lowest BCUT2D eigenvalue weighted by molar-refractivity contribution is -0.384. The van der Waals surface area contributed by atoms with E-state index < -0.39 is 0 Å². The maximum absolute atomic E-state index is 10.7. The zero-order valence-electron chi connectivity index (χ0n) is 9.90. The van der Waals surface area contributed by atoms with Crippen molar-refractivity contribution in [3.8, 4) is 0 Å². The summed E-state index contributed by atoms with van der Waals surface area (Å²) in [5, 5.41) is 17.3. The van der Waals surface area contributed by atoms with Gasteiger partial charge in [0, 0.05) is 37.0 Å². The third-order valence-electron chi connectivity index (χ3n) is 2.88. The Morgan fingerprint density at radius 2 is 2.18 bits per heavy atom. The highest BCUT2D eigenvalue weighted by atomic mass is 16.6. The fourth-order valence-electron chi connectivity index (χ4n) is 1.67. The van der Waals surface area contributed by atoms with Crippen molar-refractivity contribution in [3.05, 3.63) is 33.9 Å². The van der Waals surface area contributed by atoms with Crippen LogP contribution < -0.4 is 10.6 Å². The monoisotopic (exact) mass is 235 g/mol. The predicted octanol–water partition coefficient (Wildman–Crippen LogP) is 2.07. The third kappa shape index (κ3) is 3.42. The van der Waals surface area contributed by atoms with Crippen LogP contribution in [0.4, 0.5) is 11.4 Å². The zero-order chi connectivity index (χ0) is 12.3. The molecule has 0 spiro atoms. The van der Waals surface area contributed by atoms with Crippen LogP contribution in [0.1, 0.15) is 18.4 Å². The van der Waals surface area contributed by atoms with E-state index in [0.29, 0.717) is 6.04 Å². The van der Waals surface area contributed by atoms with Crippen LogP contribution in [0.5, 0.6) is 0 Å². The van der Waals surface area contributed by atoms with Gasteiger partial charge < -0.3 is 10.6 Å². The summed E-state index contributed by atoms with van der Waals surface area (Å²) in [5.41, 5.74) is 2.01. The van der Waals surface area contributed by atoms with Crippen LogP contribution in [-0.2, 0) is 0 Å². The molecule has 1 aromatic rings. The minimum atomic E-state index is -0.368. The zero-order valence-corrected chi connectivity index (χ0v) is 9.90. The number of benzene rings is 1. The van der Waals surface area contributed by atoms with Crippen molar-refractivity contribution >= 4 is 11.4 Å². The Kier molecular flexibility index (Phi) is 3.58. The van der Waals surface area contributed by atoms with Crippen molar-refractivity contribution in [1.82, 2.24) is 5.32 Å². The predicted molar refractivity (Wildman–Crippen MR) is 67.3 cm³/mol. The minimum Gasteiger partial charge on any atom is -0.383 e. The van der Waals surface area contributed by atoms with Gasteiger partial charge >= 0.3 is 0 Å². The van der Waals surface area contributed by atoms with Gasteiger partial charge in [0.05, 0.1) is 4.92 Å². The van der Waals surface area contributed by atoms with Gasteiger partial charge in [-0.15, -0.1) is 0 Å². The number of rotatable bonds is 6. The molecule has 5 heteroatoms. The van der Waals surface area contributed by atoms with E-state index in [1.54, 1.807) is 12.1 Å². The van der Waals surface area contributed by atoms with Gasteiger partial charge in [-0.05, 0) is 25.3 Å². The molecule has 2 rings (SSSR count). The highest BCUT2D eigenvalue weighted by Gasteiger charge is 2.19. The lowest BCUT2D eigenvalue weighted by Crippen LogP contribution is -2.24. The number of aryl methyl sites for hydroxylation is 1. The second kappa shape index (κ2) is 5.14. The van der Waals surface area contributed by atoms with Crippen molar-refractivity contribution in [2.24, 2.45) is 0 Å².